The van der Waals surface area contributed by atoms with Gasteiger partial charge in [0.05, 0.1) is 6.07 Å². The van der Waals surface area contributed by atoms with Gasteiger partial charge in [-0.1, -0.05) is 69.6 Å². The highest BCUT2D eigenvalue weighted by Crippen LogP contribution is 2.68. The van der Waals surface area contributed by atoms with Crippen LogP contribution in [-0.2, 0) is 13.6 Å². The van der Waals surface area contributed by atoms with Gasteiger partial charge in [0.25, 0.3) is 0 Å². The SMILES string of the molecule is CC(C#N)CCSP(=O)(OC(C)(C)C(Cl)(Cl)Cl)OC(C)(C)C(Cl)(Cl)Cl. The minimum atomic E-state index is -3.92. The van der Waals surface area contributed by atoms with Gasteiger partial charge in [0.2, 0.25) is 7.59 Å². The van der Waals surface area contributed by atoms with Crippen molar-refractivity contribution in [3.8, 4) is 6.07 Å². The second-order valence-electron chi connectivity index (χ2n) is 6.30. The summed E-state index contributed by atoms with van der Waals surface area (Å²) in [4.78, 5) is 0. The van der Waals surface area contributed by atoms with E-state index >= 15 is 0 Å². The van der Waals surface area contributed by atoms with E-state index in [9.17, 15) is 4.57 Å². The van der Waals surface area contributed by atoms with Crippen LogP contribution in [0.4, 0.5) is 0 Å². The van der Waals surface area contributed by atoms with Crippen LogP contribution in [-0.4, -0.2) is 24.5 Å². The monoisotopic (exact) mass is 511 g/mol. The average Bonchev–Trinajstić information content (AvgIpc) is 2.33. The van der Waals surface area contributed by atoms with Crippen LogP contribution >= 0.6 is 87.8 Å². The summed E-state index contributed by atoms with van der Waals surface area (Å²) in [6.07, 6.45) is 0.459. The Morgan fingerprint density at radius 1 is 1.00 bits per heavy atom. The lowest BCUT2D eigenvalue weighted by Gasteiger charge is -2.39. The van der Waals surface area contributed by atoms with E-state index in [1.54, 1.807) is 6.92 Å². The van der Waals surface area contributed by atoms with Crippen LogP contribution in [0.25, 0.3) is 0 Å². The summed E-state index contributed by atoms with van der Waals surface area (Å²) >= 11 is 36.2. The largest absolute Gasteiger partial charge is 0.390 e. The summed E-state index contributed by atoms with van der Waals surface area (Å²) in [7, 11) is 0. The van der Waals surface area contributed by atoms with Crippen LogP contribution in [0.3, 0.4) is 0 Å². The number of alkyl halides is 6. The van der Waals surface area contributed by atoms with Gasteiger partial charge in [-0.05, 0) is 52.4 Å². The van der Waals surface area contributed by atoms with E-state index in [0.717, 1.165) is 11.4 Å². The molecule has 4 nitrogen and oxygen atoms in total. The Morgan fingerprint density at radius 3 is 1.64 bits per heavy atom. The van der Waals surface area contributed by atoms with Gasteiger partial charge in [-0.2, -0.15) is 5.26 Å². The Hall–Kier alpha value is 1.73. The second-order valence-corrected chi connectivity index (χ2v) is 14.9. The molecule has 1 atom stereocenters. The van der Waals surface area contributed by atoms with Gasteiger partial charge in [0.1, 0.15) is 11.2 Å². The zero-order valence-electron chi connectivity index (χ0n) is 14.3. The second kappa shape index (κ2) is 9.49. The highest BCUT2D eigenvalue weighted by Gasteiger charge is 2.52. The molecule has 0 aliphatic heterocycles. The first-order chi connectivity index (χ1) is 10.9. The Bertz CT molecular complexity index is 509. The number of nitriles is 1. The quantitative estimate of drug-likeness (QED) is 0.246. The number of nitrogens with zero attached hydrogens (tertiary/aromatic N) is 1. The highest BCUT2D eigenvalue weighted by atomic mass is 35.6. The van der Waals surface area contributed by atoms with E-state index in [4.69, 9.17) is 83.9 Å². The first kappa shape index (κ1) is 26.7. The number of hydrogen-bond acceptors (Lipinski definition) is 5. The Balaban J connectivity index is 5.52. The molecule has 12 heteroatoms. The molecular formula is C13H20Cl6NO3PS. The molecule has 0 aromatic rings. The Morgan fingerprint density at radius 2 is 1.36 bits per heavy atom. The van der Waals surface area contributed by atoms with Crippen molar-refractivity contribution in [1.82, 2.24) is 0 Å². The maximum atomic E-state index is 13.3. The van der Waals surface area contributed by atoms with E-state index in [0.29, 0.717) is 12.2 Å². The van der Waals surface area contributed by atoms with Gasteiger partial charge in [-0.25, -0.2) is 4.57 Å². The summed E-state index contributed by atoms with van der Waals surface area (Å²) in [6, 6.07) is 2.08. The fraction of sp³-hybridized carbons (Fsp3) is 0.923. The van der Waals surface area contributed by atoms with E-state index in [1.165, 1.54) is 27.7 Å². The van der Waals surface area contributed by atoms with E-state index in [-0.39, 0.29) is 5.92 Å². The molecule has 0 aromatic carbocycles. The zero-order valence-corrected chi connectivity index (χ0v) is 20.5. The lowest BCUT2D eigenvalue weighted by atomic mass is 10.1. The van der Waals surface area contributed by atoms with Crippen LogP contribution in [0.2, 0.25) is 0 Å². The Kier molecular flexibility index (Phi) is 10.1. The predicted molar refractivity (Wildman–Crippen MR) is 110 cm³/mol. The third kappa shape index (κ3) is 8.73. The standard InChI is InChI=1S/C13H20Cl6NO3PS/c1-9(8-20)6-7-25-24(21,22-10(2,3)12(14,15)16)23-11(4,5)13(17,18)19/h9H,6-7H2,1-5H3. The third-order valence-corrected chi connectivity index (χ3v) is 9.83. The van der Waals surface area contributed by atoms with Crippen LogP contribution in [0, 0.1) is 17.2 Å². The van der Waals surface area contributed by atoms with Gasteiger partial charge >= 0.3 is 6.80 Å². The molecule has 25 heavy (non-hydrogen) atoms. The summed E-state index contributed by atoms with van der Waals surface area (Å²) in [5, 5.41) is 8.85. The van der Waals surface area contributed by atoms with Gasteiger partial charge in [-0.15, -0.1) is 0 Å². The first-order valence-corrected chi connectivity index (χ1v) is 12.5. The molecule has 0 bridgehead atoms. The first-order valence-electron chi connectivity index (χ1n) is 7.06. The van der Waals surface area contributed by atoms with Crippen molar-refractivity contribution in [2.24, 2.45) is 5.92 Å². The minimum absolute atomic E-state index is 0.233. The Labute approximate surface area is 183 Å². The molecule has 0 rings (SSSR count). The lowest BCUT2D eigenvalue weighted by molar-refractivity contribution is 0.0448. The van der Waals surface area contributed by atoms with Crippen LogP contribution in [0.1, 0.15) is 41.0 Å². The molecule has 0 amide bonds. The molecule has 0 fully saturated rings. The number of rotatable bonds is 8. The molecule has 0 saturated carbocycles. The van der Waals surface area contributed by atoms with Gasteiger partial charge in [-0.3, -0.25) is 9.05 Å². The molecule has 0 aliphatic rings. The average molecular weight is 514 g/mol. The number of hydrogen-bond donors (Lipinski definition) is 0. The van der Waals surface area contributed by atoms with Crippen molar-refractivity contribution in [2.45, 2.75) is 59.8 Å². The van der Waals surface area contributed by atoms with Gasteiger partial charge in [0.15, 0.2) is 0 Å². The fourth-order valence-electron chi connectivity index (χ4n) is 1.14. The van der Waals surface area contributed by atoms with E-state index in [2.05, 4.69) is 6.07 Å². The maximum absolute atomic E-state index is 13.3. The van der Waals surface area contributed by atoms with Gasteiger partial charge < -0.3 is 0 Å². The summed E-state index contributed by atoms with van der Waals surface area (Å²) in [5.74, 6) is 0.0704. The van der Waals surface area contributed by atoms with Crippen molar-refractivity contribution in [3.63, 3.8) is 0 Å². The molecule has 0 aliphatic carbocycles. The highest BCUT2D eigenvalue weighted by molar-refractivity contribution is 8.55. The normalized spacial score (nSPS) is 15.8. The van der Waals surface area contributed by atoms with Crippen molar-refractivity contribution >= 4 is 87.8 Å². The van der Waals surface area contributed by atoms with Crippen molar-refractivity contribution in [3.05, 3.63) is 0 Å². The molecule has 0 aromatic heterocycles. The predicted octanol–water partition coefficient (Wildman–Crippen LogP) is 7.71. The summed E-state index contributed by atoms with van der Waals surface area (Å²) in [6.45, 7) is 3.64. The van der Waals surface area contributed by atoms with Crippen molar-refractivity contribution in [1.29, 1.82) is 5.26 Å². The topological polar surface area (TPSA) is 59.3 Å². The third-order valence-electron chi connectivity index (χ3n) is 3.07. The van der Waals surface area contributed by atoms with Gasteiger partial charge in [0, 0.05) is 11.7 Å². The molecule has 0 saturated heterocycles. The molecular weight excluding hydrogens is 494 g/mol. The maximum Gasteiger partial charge on any atom is 0.390 e. The molecule has 1 unspecified atom stereocenters. The van der Waals surface area contributed by atoms with Crippen molar-refractivity contribution < 1.29 is 13.6 Å². The molecule has 0 N–H and O–H groups in total. The van der Waals surface area contributed by atoms with Crippen LogP contribution in [0.15, 0.2) is 0 Å². The zero-order chi connectivity index (χ0) is 20.3. The summed E-state index contributed by atoms with van der Waals surface area (Å²) in [5.41, 5.74) is -2.91. The van der Waals surface area contributed by atoms with Crippen LogP contribution in [0.5, 0.6) is 0 Å². The molecule has 0 heterocycles. The lowest BCUT2D eigenvalue weighted by Crippen LogP contribution is -2.41. The smallest absolute Gasteiger partial charge is 0.290 e. The van der Waals surface area contributed by atoms with Crippen LogP contribution < -0.4 is 0 Å². The minimum Gasteiger partial charge on any atom is -0.290 e. The fourth-order valence-corrected chi connectivity index (χ4v) is 6.33. The molecule has 148 valence electrons. The van der Waals surface area contributed by atoms with E-state index < -0.39 is 25.6 Å². The summed E-state index contributed by atoms with van der Waals surface area (Å²) < 4.78 is 20.7. The van der Waals surface area contributed by atoms with Crippen molar-refractivity contribution in [2.75, 3.05) is 5.75 Å². The molecule has 0 radical (unpaired) electrons. The molecule has 0 spiro atoms. The number of halogens is 6. The van der Waals surface area contributed by atoms with E-state index in [1.807, 2.05) is 0 Å².